The second-order valence-electron chi connectivity index (χ2n) is 5.70. The summed E-state index contributed by atoms with van der Waals surface area (Å²) in [5.41, 5.74) is 0.793. The summed E-state index contributed by atoms with van der Waals surface area (Å²) in [6.45, 7) is 1.74. The van der Waals surface area contributed by atoms with Gasteiger partial charge >= 0.3 is 0 Å². The molecule has 0 spiro atoms. The van der Waals surface area contributed by atoms with Gasteiger partial charge in [-0.2, -0.15) is 0 Å². The van der Waals surface area contributed by atoms with Crippen LogP contribution in [-0.4, -0.2) is 31.6 Å². The quantitative estimate of drug-likeness (QED) is 0.849. The highest BCUT2D eigenvalue weighted by Gasteiger charge is 2.25. The first kappa shape index (κ1) is 14.5. The molecule has 0 amide bonds. The van der Waals surface area contributed by atoms with Gasteiger partial charge in [-0.05, 0) is 51.9 Å². The number of hydrogen-bond acceptors (Lipinski definition) is 2. The lowest BCUT2D eigenvalue weighted by Gasteiger charge is -2.23. The standard InChI is InChI=1S/C16H25FN2/c1-18-16-9-5-7-13(16)10-11-19(2)12-14-6-3-4-8-15(14)17/h3-4,6,8,13,16,18H,5,7,9-12H2,1-2H3. The van der Waals surface area contributed by atoms with Crippen LogP contribution >= 0.6 is 0 Å². The van der Waals surface area contributed by atoms with Gasteiger partial charge in [-0.25, -0.2) is 4.39 Å². The Morgan fingerprint density at radius 2 is 2.11 bits per heavy atom. The Balaban J connectivity index is 1.78. The van der Waals surface area contributed by atoms with Crippen LogP contribution in [0.5, 0.6) is 0 Å². The average Bonchev–Trinajstić information content (AvgIpc) is 2.86. The van der Waals surface area contributed by atoms with E-state index in [2.05, 4.69) is 24.3 Å². The highest BCUT2D eigenvalue weighted by Crippen LogP contribution is 2.28. The van der Waals surface area contributed by atoms with Crippen molar-refractivity contribution in [3.63, 3.8) is 0 Å². The van der Waals surface area contributed by atoms with Gasteiger partial charge in [-0.1, -0.05) is 24.6 Å². The number of nitrogens with one attached hydrogen (secondary N) is 1. The van der Waals surface area contributed by atoms with Crippen LogP contribution in [0.2, 0.25) is 0 Å². The second-order valence-corrected chi connectivity index (χ2v) is 5.70. The zero-order valence-electron chi connectivity index (χ0n) is 12.0. The molecule has 2 atom stereocenters. The van der Waals surface area contributed by atoms with Crippen LogP contribution in [-0.2, 0) is 6.54 Å². The Hall–Kier alpha value is -0.930. The van der Waals surface area contributed by atoms with Crippen LogP contribution in [0, 0.1) is 11.7 Å². The van der Waals surface area contributed by atoms with Gasteiger partial charge in [0, 0.05) is 18.2 Å². The first-order valence-electron chi connectivity index (χ1n) is 7.30. The zero-order chi connectivity index (χ0) is 13.7. The molecule has 106 valence electrons. The molecule has 0 bridgehead atoms. The predicted octanol–water partition coefficient (Wildman–Crippen LogP) is 3.04. The molecular weight excluding hydrogens is 239 g/mol. The van der Waals surface area contributed by atoms with Crippen molar-refractivity contribution < 1.29 is 4.39 Å². The molecule has 1 fully saturated rings. The molecule has 1 aliphatic carbocycles. The molecule has 19 heavy (non-hydrogen) atoms. The van der Waals surface area contributed by atoms with Gasteiger partial charge in [0.05, 0.1) is 0 Å². The molecule has 1 aromatic carbocycles. The molecule has 0 saturated heterocycles. The molecule has 2 unspecified atom stereocenters. The van der Waals surface area contributed by atoms with Crippen molar-refractivity contribution in [3.8, 4) is 0 Å². The second kappa shape index (κ2) is 7.01. The Bertz CT molecular complexity index is 394. The highest BCUT2D eigenvalue weighted by atomic mass is 19.1. The van der Waals surface area contributed by atoms with Crippen molar-refractivity contribution in [1.29, 1.82) is 0 Å². The molecule has 0 aliphatic heterocycles. The third-order valence-corrected chi connectivity index (χ3v) is 4.31. The van der Waals surface area contributed by atoms with Crippen molar-refractivity contribution >= 4 is 0 Å². The smallest absolute Gasteiger partial charge is 0.127 e. The van der Waals surface area contributed by atoms with Gasteiger partial charge in [0.2, 0.25) is 0 Å². The molecule has 2 rings (SSSR count). The lowest BCUT2D eigenvalue weighted by molar-refractivity contribution is 0.275. The highest BCUT2D eigenvalue weighted by molar-refractivity contribution is 5.16. The van der Waals surface area contributed by atoms with Crippen LogP contribution in [0.15, 0.2) is 24.3 Å². The predicted molar refractivity (Wildman–Crippen MR) is 77.5 cm³/mol. The molecule has 1 saturated carbocycles. The first-order valence-corrected chi connectivity index (χ1v) is 7.30. The van der Waals surface area contributed by atoms with Gasteiger partial charge in [0.15, 0.2) is 0 Å². The molecule has 1 aliphatic rings. The Morgan fingerprint density at radius 3 is 2.84 bits per heavy atom. The van der Waals surface area contributed by atoms with Crippen molar-refractivity contribution in [2.24, 2.45) is 5.92 Å². The van der Waals surface area contributed by atoms with Gasteiger partial charge in [0.25, 0.3) is 0 Å². The Labute approximate surface area is 116 Å². The summed E-state index contributed by atoms with van der Waals surface area (Å²) in [5.74, 6) is 0.691. The maximum atomic E-state index is 13.6. The summed E-state index contributed by atoms with van der Waals surface area (Å²) in [6, 6.07) is 7.74. The summed E-state index contributed by atoms with van der Waals surface area (Å²) in [6.07, 6.45) is 5.18. The van der Waals surface area contributed by atoms with E-state index in [4.69, 9.17) is 0 Å². The number of benzene rings is 1. The summed E-state index contributed by atoms with van der Waals surface area (Å²) in [7, 11) is 4.14. The minimum Gasteiger partial charge on any atom is -0.317 e. The van der Waals surface area contributed by atoms with Gasteiger partial charge in [0.1, 0.15) is 5.82 Å². The number of rotatable bonds is 6. The summed E-state index contributed by atoms with van der Waals surface area (Å²) >= 11 is 0. The first-order chi connectivity index (χ1) is 9.20. The third kappa shape index (κ3) is 4.02. The fourth-order valence-corrected chi connectivity index (χ4v) is 3.15. The van der Waals surface area contributed by atoms with E-state index in [1.54, 1.807) is 6.07 Å². The third-order valence-electron chi connectivity index (χ3n) is 4.31. The van der Waals surface area contributed by atoms with Crippen LogP contribution in [0.3, 0.4) is 0 Å². The van der Waals surface area contributed by atoms with Crippen LogP contribution in [0.4, 0.5) is 4.39 Å². The van der Waals surface area contributed by atoms with Crippen molar-refractivity contribution in [1.82, 2.24) is 10.2 Å². The fourth-order valence-electron chi connectivity index (χ4n) is 3.15. The van der Waals surface area contributed by atoms with Crippen molar-refractivity contribution in [3.05, 3.63) is 35.6 Å². The van der Waals surface area contributed by atoms with Crippen molar-refractivity contribution in [2.45, 2.75) is 38.3 Å². The van der Waals surface area contributed by atoms with E-state index >= 15 is 0 Å². The van der Waals surface area contributed by atoms with E-state index < -0.39 is 0 Å². The maximum Gasteiger partial charge on any atom is 0.127 e. The van der Waals surface area contributed by atoms with E-state index in [0.29, 0.717) is 12.6 Å². The largest absolute Gasteiger partial charge is 0.317 e. The van der Waals surface area contributed by atoms with Gasteiger partial charge in [-0.15, -0.1) is 0 Å². The molecule has 1 aromatic rings. The number of nitrogens with zero attached hydrogens (tertiary/aromatic N) is 1. The molecule has 2 nitrogen and oxygen atoms in total. The van der Waals surface area contributed by atoms with E-state index in [1.807, 2.05) is 12.1 Å². The minimum absolute atomic E-state index is 0.0942. The SMILES string of the molecule is CNC1CCCC1CCN(C)Cc1ccccc1F. The fraction of sp³-hybridized carbons (Fsp3) is 0.625. The Kier molecular flexibility index (Phi) is 5.34. The number of hydrogen-bond donors (Lipinski definition) is 1. The van der Waals surface area contributed by atoms with E-state index in [1.165, 1.54) is 31.7 Å². The van der Waals surface area contributed by atoms with E-state index in [0.717, 1.165) is 18.0 Å². The minimum atomic E-state index is -0.0942. The molecule has 0 aromatic heterocycles. The topological polar surface area (TPSA) is 15.3 Å². The zero-order valence-corrected chi connectivity index (χ0v) is 12.0. The monoisotopic (exact) mass is 264 g/mol. The normalized spacial score (nSPS) is 23.2. The summed E-state index contributed by atoms with van der Waals surface area (Å²) < 4.78 is 13.6. The average molecular weight is 264 g/mol. The van der Waals surface area contributed by atoms with Crippen LogP contribution in [0.1, 0.15) is 31.2 Å². The molecule has 0 radical (unpaired) electrons. The molecule has 3 heteroatoms. The lowest BCUT2D eigenvalue weighted by Crippen LogP contribution is -2.31. The molecule has 1 N–H and O–H groups in total. The molecular formula is C16H25FN2. The lowest BCUT2D eigenvalue weighted by atomic mass is 9.99. The summed E-state index contributed by atoms with van der Waals surface area (Å²) in [4.78, 5) is 2.23. The van der Waals surface area contributed by atoms with Gasteiger partial charge in [-0.3, -0.25) is 0 Å². The van der Waals surface area contributed by atoms with E-state index in [-0.39, 0.29) is 5.82 Å². The number of halogens is 1. The maximum absolute atomic E-state index is 13.6. The van der Waals surface area contributed by atoms with Gasteiger partial charge < -0.3 is 10.2 Å². The van der Waals surface area contributed by atoms with Crippen LogP contribution in [0.25, 0.3) is 0 Å². The Morgan fingerprint density at radius 1 is 1.32 bits per heavy atom. The molecule has 0 heterocycles. The van der Waals surface area contributed by atoms with Crippen molar-refractivity contribution in [2.75, 3.05) is 20.6 Å². The van der Waals surface area contributed by atoms with Crippen LogP contribution < -0.4 is 5.32 Å². The van der Waals surface area contributed by atoms with E-state index in [9.17, 15) is 4.39 Å². The summed E-state index contributed by atoms with van der Waals surface area (Å²) in [5, 5.41) is 3.42.